The van der Waals surface area contributed by atoms with E-state index in [0.29, 0.717) is 31.8 Å². The minimum Gasteiger partial charge on any atom is -0.465 e. The zero-order valence-corrected chi connectivity index (χ0v) is 16.4. The quantitative estimate of drug-likeness (QED) is 0.683. The number of carbonyl (C=O) groups is 1. The summed E-state index contributed by atoms with van der Waals surface area (Å²) in [5.74, 6) is -0.388. The zero-order chi connectivity index (χ0) is 20.5. The lowest BCUT2D eigenvalue weighted by molar-refractivity contribution is 0.166. The van der Waals surface area contributed by atoms with E-state index >= 15 is 0 Å². The number of aromatic nitrogens is 2. The van der Waals surface area contributed by atoms with Gasteiger partial charge in [-0.1, -0.05) is 0 Å². The Kier molecular flexibility index (Phi) is 5.75. The molecule has 29 heavy (non-hydrogen) atoms. The molecule has 3 heterocycles. The molecule has 4 rings (SSSR count). The highest BCUT2D eigenvalue weighted by molar-refractivity contribution is 7.99. The van der Waals surface area contributed by atoms with Crippen molar-refractivity contribution in [1.29, 1.82) is 0 Å². The molecule has 2 aliphatic heterocycles. The van der Waals surface area contributed by atoms with Gasteiger partial charge in [0.05, 0.1) is 24.1 Å². The van der Waals surface area contributed by atoms with Crippen LogP contribution in [-0.4, -0.2) is 55.4 Å². The molecule has 3 atom stereocenters. The molecule has 2 aliphatic rings. The molecule has 2 aromatic rings. The Hall–Kier alpha value is -2.17. The highest BCUT2D eigenvalue weighted by Gasteiger charge is 2.39. The van der Waals surface area contributed by atoms with Crippen molar-refractivity contribution in [2.75, 3.05) is 12.4 Å². The highest BCUT2D eigenvalue weighted by Crippen LogP contribution is 2.42. The first-order chi connectivity index (χ1) is 13.9. The highest BCUT2D eigenvalue weighted by atomic mass is 32.2. The van der Waals surface area contributed by atoms with Crippen LogP contribution in [0.4, 0.5) is 13.6 Å². The van der Waals surface area contributed by atoms with Crippen molar-refractivity contribution < 1.29 is 23.8 Å². The normalized spacial score (nSPS) is 24.4. The van der Waals surface area contributed by atoms with E-state index in [2.05, 4.69) is 15.3 Å². The number of hydrogen-bond acceptors (Lipinski definition) is 5. The third-order valence-corrected chi connectivity index (χ3v) is 6.95. The molecule has 1 unspecified atom stereocenters. The average molecular weight is 424 g/mol. The molecule has 156 valence electrons. The van der Waals surface area contributed by atoms with E-state index in [-0.39, 0.29) is 18.2 Å². The van der Waals surface area contributed by atoms with Crippen molar-refractivity contribution in [1.82, 2.24) is 20.0 Å². The topological polar surface area (TPSA) is 90.6 Å². The van der Waals surface area contributed by atoms with Crippen LogP contribution in [-0.2, 0) is 19.6 Å². The van der Waals surface area contributed by atoms with Crippen molar-refractivity contribution >= 4 is 17.9 Å². The molecule has 7 nitrogen and oxygen atoms in total. The maximum atomic E-state index is 14.3. The zero-order valence-electron chi connectivity index (χ0n) is 15.6. The molecular formula is C19H22F2N4O3S. The SMILES string of the molecule is O=C(O)N[C@H]1C[C@@H](N2Cc3cn(CCO)nc3C2)CSC1c1cc(F)ccc1F. The number of carboxylic acid groups (broad SMARTS) is 1. The second-order valence-electron chi connectivity index (χ2n) is 7.36. The van der Waals surface area contributed by atoms with E-state index in [4.69, 9.17) is 5.11 Å². The minimum absolute atomic E-state index is 0.0319. The summed E-state index contributed by atoms with van der Waals surface area (Å²) in [5, 5.41) is 24.8. The summed E-state index contributed by atoms with van der Waals surface area (Å²) >= 11 is 1.44. The van der Waals surface area contributed by atoms with Gasteiger partial charge in [-0.15, -0.1) is 11.8 Å². The number of nitrogens with zero attached hydrogens (tertiary/aromatic N) is 3. The van der Waals surface area contributed by atoms with E-state index in [9.17, 15) is 18.7 Å². The average Bonchev–Trinajstić information content (AvgIpc) is 3.22. The summed E-state index contributed by atoms with van der Waals surface area (Å²) in [6, 6.07) is 2.85. The van der Waals surface area contributed by atoms with Gasteiger partial charge in [0.25, 0.3) is 0 Å². The lowest BCUT2D eigenvalue weighted by Crippen LogP contribution is -2.48. The summed E-state index contributed by atoms with van der Waals surface area (Å²) in [6.45, 7) is 1.84. The van der Waals surface area contributed by atoms with Crippen molar-refractivity contribution in [2.24, 2.45) is 0 Å². The Bertz CT molecular complexity index is 886. The molecule has 0 saturated carbocycles. The fourth-order valence-corrected chi connectivity index (χ4v) is 5.66. The second-order valence-corrected chi connectivity index (χ2v) is 8.53. The number of rotatable bonds is 5. The van der Waals surface area contributed by atoms with Gasteiger partial charge in [0.1, 0.15) is 11.6 Å². The molecule has 1 amide bonds. The first kappa shape index (κ1) is 20.1. The summed E-state index contributed by atoms with van der Waals surface area (Å²) in [6.07, 6.45) is 1.25. The van der Waals surface area contributed by atoms with Crippen molar-refractivity contribution in [2.45, 2.75) is 43.4 Å². The van der Waals surface area contributed by atoms with Crippen molar-refractivity contribution in [3.8, 4) is 0 Å². The van der Waals surface area contributed by atoms with Gasteiger partial charge >= 0.3 is 6.09 Å². The monoisotopic (exact) mass is 424 g/mol. The Labute approximate surface area is 170 Å². The maximum Gasteiger partial charge on any atom is 0.404 e. The Balaban J connectivity index is 1.49. The van der Waals surface area contributed by atoms with Gasteiger partial charge in [0, 0.05) is 48.2 Å². The first-order valence-electron chi connectivity index (χ1n) is 9.40. The minimum atomic E-state index is -1.18. The first-order valence-corrected chi connectivity index (χ1v) is 10.5. The molecule has 1 aromatic carbocycles. The maximum absolute atomic E-state index is 14.3. The van der Waals surface area contributed by atoms with E-state index in [1.165, 1.54) is 11.8 Å². The van der Waals surface area contributed by atoms with Gasteiger partial charge in [0.2, 0.25) is 0 Å². The second kappa shape index (κ2) is 8.29. The van der Waals surface area contributed by atoms with E-state index < -0.39 is 29.0 Å². The number of nitrogens with one attached hydrogen (secondary N) is 1. The molecule has 1 fully saturated rings. The molecular weight excluding hydrogens is 402 g/mol. The van der Waals surface area contributed by atoms with Gasteiger partial charge in [-0.2, -0.15) is 5.10 Å². The fraction of sp³-hybridized carbons (Fsp3) is 0.474. The molecule has 10 heteroatoms. The number of hydrogen-bond donors (Lipinski definition) is 3. The molecule has 1 aromatic heterocycles. The Morgan fingerprint density at radius 3 is 2.90 bits per heavy atom. The third kappa shape index (κ3) is 4.24. The van der Waals surface area contributed by atoms with Crippen LogP contribution in [0.3, 0.4) is 0 Å². The largest absolute Gasteiger partial charge is 0.465 e. The van der Waals surface area contributed by atoms with E-state index in [1.807, 2.05) is 6.20 Å². The van der Waals surface area contributed by atoms with Crippen LogP contribution in [0.15, 0.2) is 24.4 Å². The van der Waals surface area contributed by atoms with Gasteiger partial charge < -0.3 is 15.5 Å². The van der Waals surface area contributed by atoms with Crippen LogP contribution < -0.4 is 5.32 Å². The van der Waals surface area contributed by atoms with E-state index in [1.54, 1.807) is 4.68 Å². The molecule has 0 radical (unpaired) electrons. The Morgan fingerprint density at radius 1 is 1.34 bits per heavy atom. The molecule has 0 spiro atoms. The van der Waals surface area contributed by atoms with Crippen LogP contribution in [0.2, 0.25) is 0 Å². The number of aliphatic hydroxyl groups excluding tert-OH is 1. The molecule has 0 bridgehead atoms. The summed E-state index contributed by atoms with van der Waals surface area (Å²) in [4.78, 5) is 13.6. The number of amides is 1. The van der Waals surface area contributed by atoms with Crippen LogP contribution in [0.1, 0.15) is 28.5 Å². The van der Waals surface area contributed by atoms with Crippen molar-refractivity contribution in [3.05, 3.63) is 52.9 Å². The third-order valence-electron chi connectivity index (χ3n) is 5.43. The number of aliphatic hydroxyl groups is 1. The number of benzene rings is 1. The molecule has 1 saturated heterocycles. The fourth-order valence-electron chi connectivity index (χ4n) is 4.11. The van der Waals surface area contributed by atoms with Crippen LogP contribution >= 0.6 is 11.8 Å². The molecule has 3 N–H and O–H groups in total. The van der Waals surface area contributed by atoms with E-state index in [0.717, 1.165) is 29.5 Å². The standard InChI is InChI=1S/C19H22F2N4O3S/c20-12-1-2-15(21)14(5-12)18-16(22-19(27)28)6-13(10-29-18)24-7-11-8-25(3-4-26)23-17(11)9-24/h1-2,5,8,13,16,18,22,26H,3-4,6-7,9-10H2,(H,27,28)/t13-,16+,18?/m1/s1. The summed E-state index contributed by atoms with van der Waals surface area (Å²) in [5.41, 5.74) is 2.26. The predicted octanol–water partition coefficient (Wildman–Crippen LogP) is 2.35. The number of fused-ring (bicyclic) bond motifs is 1. The van der Waals surface area contributed by atoms with Gasteiger partial charge in [-0.25, -0.2) is 13.6 Å². The molecule has 0 aliphatic carbocycles. The lowest BCUT2D eigenvalue weighted by atomic mass is 9.97. The summed E-state index contributed by atoms with van der Waals surface area (Å²) in [7, 11) is 0. The van der Waals surface area contributed by atoms with Gasteiger partial charge in [-0.05, 0) is 24.6 Å². The number of thioether (sulfide) groups is 1. The van der Waals surface area contributed by atoms with Gasteiger partial charge in [0.15, 0.2) is 0 Å². The lowest BCUT2D eigenvalue weighted by Gasteiger charge is -2.39. The Morgan fingerprint density at radius 2 is 2.17 bits per heavy atom. The number of halogens is 2. The van der Waals surface area contributed by atoms with Crippen LogP contribution in [0, 0.1) is 11.6 Å². The van der Waals surface area contributed by atoms with Gasteiger partial charge in [-0.3, -0.25) is 9.58 Å². The van der Waals surface area contributed by atoms with Crippen molar-refractivity contribution in [3.63, 3.8) is 0 Å². The van der Waals surface area contributed by atoms with Crippen LogP contribution in [0.5, 0.6) is 0 Å². The van der Waals surface area contributed by atoms with Crippen LogP contribution in [0.25, 0.3) is 0 Å². The summed E-state index contributed by atoms with van der Waals surface area (Å²) < 4.78 is 29.7. The smallest absolute Gasteiger partial charge is 0.404 e. The predicted molar refractivity (Wildman–Crippen MR) is 103 cm³/mol.